The molecule has 2 N–H and O–H groups in total. The summed E-state index contributed by atoms with van der Waals surface area (Å²) in [5.74, 6) is 0.625. The zero-order chi connectivity index (χ0) is 21.3. The Labute approximate surface area is 174 Å². The second-order valence-corrected chi connectivity index (χ2v) is 7.48. The Morgan fingerprint density at radius 1 is 1.23 bits per heavy atom. The normalized spacial score (nSPS) is 15.3. The topological polar surface area (TPSA) is 98.1 Å². The molecule has 0 bridgehead atoms. The van der Waals surface area contributed by atoms with E-state index in [9.17, 15) is 9.59 Å². The van der Waals surface area contributed by atoms with Crippen LogP contribution in [-0.4, -0.2) is 33.2 Å². The largest absolute Gasteiger partial charge is 0.484 e. The van der Waals surface area contributed by atoms with Crippen molar-refractivity contribution < 1.29 is 14.3 Å². The van der Waals surface area contributed by atoms with Gasteiger partial charge in [0, 0.05) is 5.69 Å². The summed E-state index contributed by atoms with van der Waals surface area (Å²) in [6, 6.07) is 11.1. The highest BCUT2D eigenvalue weighted by Gasteiger charge is 2.27. The van der Waals surface area contributed by atoms with E-state index in [0.29, 0.717) is 11.7 Å². The highest BCUT2D eigenvalue weighted by Crippen LogP contribution is 2.30. The molecule has 2 heterocycles. The van der Waals surface area contributed by atoms with Crippen LogP contribution in [0, 0.1) is 20.8 Å². The predicted octanol–water partition coefficient (Wildman–Crippen LogP) is 3.15. The maximum absolute atomic E-state index is 12.4. The number of ether oxygens (including phenoxy) is 1. The van der Waals surface area contributed by atoms with Crippen LogP contribution in [0.2, 0.25) is 0 Å². The summed E-state index contributed by atoms with van der Waals surface area (Å²) in [5.41, 5.74) is 4.86. The van der Waals surface area contributed by atoms with E-state index in [1.165, 1.54) is 6.33 Å². The van der Waals surface area contributed by atoms with E-state index in [0.717, 1.165) is 27.9 Å². The van der Waals surface area contributed by atoms with Crippen molar-refractivity contribution in [1.82, 2.24) is 14.8 Å². The van der Waals surface area contributed by atoms with Crippen molar-refractivity contribution >= 4 is 23.5 Å². The first-order valence-corrected chi connectivity index (χ1v) is 9.70. The van der Waals surface area contributed by atoms with Gasteiger partial charge in [-0.25, -0.2) is 4.68 Å². The lowest BCUT2D eigenvalue weighted by molar-refractivity contribution is -0.118. The fraction of sp³-hybridized carbons (Fsp3) is 0.273. The number of fused-ring (bicyclic) bond motifs is 1. The van der Waals surface area contributed by atoms with Crippen LogP contribution >= 0.6 is 0 Å². The molecule has 154 valence electrons. The van der Waals surface area contributed by atoms with Crippen molar-refractivity contribution in [3.63, 3.8) is 0 Å². The van der Waals surface area contributed by atoms with E-state index in [4.69, 9.17) is 4.74 Å². The maximum Gasteiger partial charge on any atom is 0.262 e. The number of benzene rings is 2. The van der Waals surface area contributed by atoms with Gasteiger partial charge in [0.25, 0.3) is 5.91 Å². The first-order chi connectivity index (χ1) is 14.4. The third-order valence-corrected chi connectivity index (χ3v) is 5.05. The molecule has 0 unspecified atom stereocenters. The molecular formula is C22H23N5O3. The van der Waals surface area contributed by atoms with Crippen molar-refractivity contribution in [2.45, 2.75) is 33.2 Å². The van der Waals surface area contributed by atoms with Gasteiger partial charge in [-0.1, -0.05) is 29.8 Å². The van der Waals surface area contributed by atoms with Crippen LogP contribution in [0.5, 0.6) is 5.75 Å². The molecule has 3 aromatic rings. The molecule has 0 saturated carbocycles. The van der Waals surface area contributed by atoms with Crippen LogP contribution in [0.3, 0.4) is 0 Å². The summed E-state index contributed by atoms with van der Waals surface area (Å²) in [6.45, 7) is 5.85. The highest BCUT2D eigenvalue weighted by molar-refractivity contribution is 5.93. The average Bonchev–Trinajstić information content (AvgIpc) is 3.17. The van der Waals surface area contributed by atoms with Crippen molar-refractivity contribution in [2.24, 2.45) is 0 Å². The number of aryl methyl sites for hydroxylation is 3. The molecule has 8 nitrogen and oxygen atoms in total. The van der Waals surface area contributed by atoms with E-state index in [-0.39, 0.29) is 30.9 Å². The number of aromatic nitrogens is 3. The summed E-state index contributed by atoms with van der Waals surface area (Å²) in [5, 5.41) is 9.83. The fourth-order valence-corrected chi connectivity index (χ4v) is 3.78. The molecule has 2 amide bonds. The Kier molecular flexibility index (Phi) is 5.22. The van der Waals surface area contributed by atoms with E-state index >= 15 is 0 Å². The van der Waals surface area contributed by atoms with Gasteiger partial charge in [0.2, 0.25) is 11.9 Å². The van der Waals surface area contributed by atoms with Gasteiger partial charge in [0.1, 0.15) is 12.1 Å². The summed E-state index contributed by atoms with van der Waals surface area (Å²) < 4.78 is 7.39. The van der Waals surface area contributed by atoms with Crippen molar-refractivity contribution in [3.05, 3.63) is 65.0 Å². The van der Waals surface area contributed by atoms with Gasteiger partial charge in [-0.15, -0.1) is 0 Å². The lowest BCUT2D eigenvalue weighted by Gasteiger charge is -2.24. The minimum atomic E-state index is -0.272. The van der Waals surface area contributed by atoms with Gasteiger partial charge in [-0.05, 0) is 49.6 Å². The zero-order valence-corrected chi connectivity index (χ0v) is 17.1. The SMILES string of the molecule is Cc1cc(C)c(NC(=O)COc2cccc([C@H]3CC(=O)Nc4ncnn43)c2)c(C)c1. The molecule has 0 radical (unpaired) electrons. The fourth-order valence-electron chi connectivity index (χ4n) is 3.78. The Hall–Kier alpha value is -3.68. The first-order valence-electron chi connectivity index (χ1n) is 9.70. The third-order valence-electron chi connectivity index (χ3n) is 5.05. The number of nitrogens with zero attached hydrogens (tertiary/aromatic N) is 3. The molecule has 0 aliphatic carbocycles. The maximum atomic E-state index is 12.4. The summed E-state index contributed by atoms with van der Waals surface area (Å²) >= 11 is 0. The van der Waals surface area contributed by atoms with Crippen LogP contribution in [-0.2, 0) is 9.59 Å². The van der Waals surface area contributed by atoms with Crippen LogP contribution in [0.25, 0.3) is 0 Å². The van der Waals surface area contributed by atoms with E-state index in [2.05, 4.69) is 20.7 Å². The van der Waals surface area contributed by atoms with Gasteiger partial charge in [-0.2, -0.15) is 10.1 Å². The summed E-state index contributed by atoms with van der Waals surface area (Å²) in [7, 11) is 0. The quantitative estimate of drug-likeness (QED) is 0.680. The smallest absolute Gasteiger partial charge is 0.262 e. The van der Waals surface area contributed by atoms with Gasteiger partial charge in [0.15, 0.2) is 6.61 Å². The number of carbonyl (C=O) groups is 2. The predicted molar refractivity (Wildman–Crippen MR) is 113 cm³/mol. The highest BCUT2D eigenvalue weighted by atomic mass is 16.5. The molecule has 2 aromatic carbocycles. The number of hydrogen-bond acceptors (Lipinski definition) is 5. The molecule has 0 spiro atoms. The number of anilines is 2. The number of carbonyl (C=O) groups excluding carboxylic acids is 2. The number of amides is 2. The standard InChI is InChI=1S/C22H23N5O3/c1-13-7-14(2)21(15(3)8-13)25-20(29)11-30-17-6-4-5-16(9-17)18-10-19(28)26-22-23-12-24-27(18)22/h4-9,12,18H,10-11H2,1-3H3,(H,25,29)(H,23,24,26,28)/t18-/m1/s1. The van der Waals surface area contributed by atoms with Gasteiger partial charge in [0.05, 0.1) is 12.5 Å². The Morgan fingerprint density at radius 2 is 2.00 bits per heavy atom. The van der Waals surface area contributed by atoms with Crippen LogP contribution < -0.4 is 15.4 Å². The molecule has 1 atom stereocenters. The molecule has 1 aliphatic heterocycles. The average molecular weight is 405 g/mol. The molecule has 30 heavy (non-hydrogen) atoms. The van der Waals surface area contributed by atoms with Gasteiger partial charge < -0.3 is 10.1 Å². The van der Waals surface area contributed by atoms with E-state index in [1.54, 1.807) is 10.7 Å². The second-order valence-electron chi connectivity index (χ2n) is 7.48. The Balaban J connectivity index is 1.45. The first kappa shape index (κ1) is 19.6. The van der Waals surface area contributed by atoms with Crippen LogP contribution in [0.4, 0.5) is 11.6 Å². The van der Waals surface area contributed by atoms with E-state index in [1.807, 2.05) is 51.1 Å². The van der Waals surface area contributed by atoms with E-state index < -0.39 is 0 Å². The molecular weight excluding hydrogens is 382 g/mol. The lowest BCUT2D eigenvalue weighted by atomic mass is 10.0. The Morgan fingerprint density at radius 3 is 2.77 bits per heavy atom. The second kappa shape index (κ2) is 7.98. The van der Waals surface area contributed by atoms with Gasteiger partial charge >= 0.3 is 0 Å². The molecule has 1 aliphatic rings. The van der Waals surface area contributed by atoms with Crippen molar-refractivity contribution in [3.8, 4) is 5.75 Å². The number of hydrogen-bond donors (Lipinski definition) is 2. The van der Waals surface area contributed by atoms with Crippen molar-refractivity contribution in [1.29, 1.82) is 0 Å². The minimum Gasteiger partial charge on any atom is -0.484 e. The summed E-state index contributed by atoms with van der Waals surface area (Å²) in [4.78, 5) is 28.5. The third kappa shape index (κ3) is 4.03. The number of rotatable bonds is 5. The van der Waals surface area contributed by atoms with Gasteiger partial charge in [-0.3, -0.25) is 14.9 Å². The molecule has 0 fully saturated rings. The monoisotopic (exact) mass is 405 g/mol. The molecule has 1 aromatic heterocycles. The Bertz CT molecular complexity index is 1100. The van der Waals surface area contributed by atoms with Crippen LogP contribution in [0.15, 0.2) is 42.7 Å². The molecule has 8 heteroatoms. The van der Waals surface area contributed by atoms with Crippen LogP contribution in [0.1, 0.15) is 34.7 Å². The van der Waals surface area contributed by atoms with Crippen molar-refractivity contribution in [2.75, 3.05) is 17.2 Å². The number of nitrogens with one attached hydrogen (secondary N) is 2. The zero-order valence-electron chi connectivity index (χ0n) is 17.1. The molecule has 0 saturated heterocycles. The summed E-state index contributed by atoms with van der Waals surface area (Å²) in [6.07, 6.45) is 1.67. The minimum absolute atomic E-state index is 0.115. The lowest BCUT2D eigenvalue weighted by Crippen LogP contribution is -2.29. The molecule has 4 rings (SSSR count).